The first kappa shape index (κ1) is 14.1. The van der Waals surface area contributed by atoms with Crippen molar-refractivity contribution in [3.8, 4) is 0 Å². The Labute approximate surface area is 115 Å². The molecule has 0 radical (unpaired) electrons. The number of carbonyl (C=O) groups excluding carboxylic acids is 1. The van der Waals surface area contributed by atoms with Crippen LogP contribution in [0.1, 0.15) is 19.3 Å². The predicted octanol–water partition coefficient (Wildman–Crippen LogP) is 3.08. The van der Waals surface area contributed by atoms with Gasteiger partial charge in [0.15, 0.2) is 0 Å². The van der Waals surface area contributed by atoms with Gasteiger partial charge < -0.3 is 10.6 Å². The molecule has 1 heterocycles. The summed E-state index contributed by atoms with van der Waals surface area (Å²) in [7, 11) is 0. The molecule has 1 saturated heterocycles. The number of benzene rings is 1. The SMILES string of the molecule is O=C1NCCCCC1Nc1ccccc1SC(F)F. The van der Waals surface area contributed by atoms with Crippen molar-refractivity contribution in [2.75, 3.05) is 11.9 Å². The van der Waals surface area contributed by atoms with Crippen molar-refractivity contribution >= 4 is 23.4 Å². The number of carbonyl (C=O) groups is 1. The van der Waals surface area contributed by atoms with Crippen molar-refractivity contribution in [3.05, 3.63) is 24.3 Å². The summed E-state index contributed by atoms with van der Waals surface area (Å²) in [6.45, 7) is 0.685. The van der Waals surface area contributed by atoms with Crippen molar-refractivity contribution in [1.82, 2.24) is 5.32 Å². The third-order valence-electron chi connectivity index (χ3n) is 2.97. The standard InChI is InChI=1S/C13H16F2N2OS/c14-13(15)19-11-7-2-1-5-9(11)17-10-6-3-4-8-16-12(10)18/h1-2,5,7,10,13,17H,3-4,6,8H2,(H,16,18). The number of nitrogens with one attached hydrogen (secondary N) is 2. The second kappa shape index (κ2) is 6.75. The second-order valence-electron chi connectivity index (χ2n) is 4.36. The van der Waals surface area contributed by atoms with E-state index in [4.69, 9.17) is 0 Å². The molecule has 1 aliphatic heterocycles. The van der Waals surface area contributed by atoms with Gasteiger partial charge in [0.05, 0.1) is 0 Å². The molecule has 1 amide bonds. The number of thioether (sulfide) groups is 1. The highest BCUT2D eigenvalue weighted by Crippen LogP contribution is 2.32. The molecule has 2 rings (SSSR count). The fourth-order valence-electron chi connectivity index (χ4n) is 2.05. The molecule has 2 N–H and O–H groups in total. The van der Waals surface area contributed by atoms with Crippen LogP contribution in [-0.4, -0.2) is 24.3 Å². The van der Waals surface area contributed by atoms with Crippen molar-refractivity contribution < 1.29 is 13.6 Å². The van der Waals surface area contributed by atoms with Gasteiger partial charge in [-0.15, -0.1) is 0 Å². The first-order valence-electron chi connectivity index (χ1n) is 6.25. The molecule has 0 aromatic heterocycles. The molecule has 0 aliphatic carbocycles. The maximum Gasteiger partial charge on any atom is 0.288 e. The van der Waals surface area contributed by atoms with E-state index in [-0.39, 0.29) is 11.9 Å². The van der Waals surface area contributed by atoms with E-state index in [9.17, 15) is 13.6 Å². The van der Waals surface area contributed by atoms with Crippen LogP contribution in [0.15, 0.2) is 29.2 Å². The summed E-state index contributed by atoms with van der Waals surface area (Å²) in [4.78, 5) is 12.3. The van der Waals surface area contributed by atoms with Crippen LogP contribution in [0.25, 0.3) is 0 Å². The third-order valence-corrected chi connectivity index (χ3v) is 3.76. The topological polar surface area (TPSA) is 41.1 Å². The summed E-state index contributed by atoms with van der Waals surface area (Å²) in [5, 5.41) is 5.90. The Hall–Kier alpha value is -1.30. The van der Waals surface area contributed by atoms with E-state index in [0.29, 0.717) is 28.9 Å². The van der Waals surface area contributed by atoms with E-state index in [1.165, 1.54) is 0 Å². The number of hydrogen-bond acceptors (Lipinski definition) is 3. The third kappa shape index (κ3) is 4.09. The van der Waals surface area contributed by atoms with Gasteiger partial charge >= 0.3 is 0 Å². The fraction of sp³-hybridized carbons (Fsp3) is 0.462. The van der Waals surface area contributed by atoms with Crippen molar-refractivity contribution in [1.29, 1.82) is 0 Å². The highest BCUT2D eigenvalue weighted by atomic mass is 32.2. The lowest BCUT2D eigenvalue weighted by atomic mass is 10.1. The number of rotatable bonds is 4. The van der Waals surface area contributed by atoms with Crippen LogP contribution in [-0.2, 0) is 4.79 Å². The zero-order chi connectivity index (χ0) is 13.7. The lowest BCUT2D eigenvalue weighted by Crippen LogP contribution is -2.37. The zero-order valence-electron chi connectivity index (χ0n) is 10.4. The fourth-order valence-corrected chi connectivity index (χ4v) is 2.65. The highest BCUT2D eigenvalue weighted by molar-refractivity contribution is 7.99. The molecule has 1 aromatic rings. The van der Waals surface area contributed by atoms with E-state index in [2.05, 4.69) is 10.6 Å². The van der Waals surface area contributed by atoms with Crippen LogP contribution in [0.3, 0.4) is 0 Å². The van der Waals surface area contributed by atoms with Crippen LogP contribution in [0, 0.1) is 0 Å². The molecule has 6 heteroatoms. The number of anilines is 1. The second-order valence-corrected chi connectivity index (χ2v) is 5.39. The molecule has 1 aliphatic rings. The molecule has 1 fully saturated rings. The zero-order valence-corrected chi connectivity index (χ0v) is 11.2. The number of halogens is 2. The largest absolute Gasteiger partial charge is 0.373 e. The molecule has 3 nitrogen and oxygen atoms in total. The van der Waals surface area contributed by atoms with E-state index in [1.54, 1.807) is 24.3 Å². The molecule has 1 atom stereocenters. The average Bonchev–Trinajstić information content (AvgIpc) is 2.57. The maximum atomic E-state index is 12.5. The summed E-state index contributed by atoms with van der Waals surface area (Å²) in [6, 6.07) is 6.49. The lowest BCUT2D eigenvalue weighted by molar-refractivity contribution is -0.121. The molecule has 0 spiro atoms. The van der Waals surface area contributed by atoms with Gasteiger partial charge in [-0.2, -0.15) is 8.78 Å². The van der Waals surface area contributed by atoms with Crippen molar-refractivity contribution in [3.63, 3.8) is 0 Å². The molecule has 1 unspecified atom stereocenters. The van der Waals surface area contributed by atoms with E-state index >= 15 is 0 Å². The van der Waals surface area contributed by atoms with Crippen LogP contribution < -0.4 is 10.6 Å². The Bertz CT molecular complexity index is 442. The minimum Gasteiger partial charge on any atom is -0.373 e. The molecule has 19 heavy (non-hydrogen) atoms. The van der Waals surface area contributed by atoms with Gasteiger partial charge in [-0.05, 0) is 31.4 Å². The van der Waals surface area contributed by atoms with E-state index in [0.717, 1.165) is 19.3 Å². The van der Waals surface area contributed by atoms with Gasteiger partial charge in [0.25, 0.3) is 5.76 Å². The van der Waals surface area contributed by atoms with Gasteiger partial charge in [0, 0.05) is 17.1 Å². The number of amides is 1. The molecular formula is C13H16F2N2OS. The van der Waals surface area contributed by atoms with Gasteiger partial charge in [0.2, 0.25) is 5.91 Å². The normalized spacial score (nSPS) is 19.9. The first-order valence-corrected chi connectivity index (χ1v) is 7.13. The van der Waals surface area contributed by atoms with Crippen LogP contribution in [0.4, 0.5) is 14.5 Å². The Morgan fingerprint density at radius 2 is 2.11 bits per heavy atom. The molecule has 104 valence electrons. The van der Waals surface area contributed by atoms with Crippen LogP contribution in [0.2, 0.25) is 0 Å². The summed E-state index contributed by atoms with van der Waals surface area (Å²) < 4.78 is 25.0. The quantitative estimate of drug-likeness (QED) is 0.836. The maximum absolute atomic E-state index is 12.5. The van der Waals surface area contributed by atoms with Crippen molar-refractivity contribution in [2.24, 2.45) is 0 Å². The monoisotopic (exact) mass is 286 g/mol. The summed E-state index contributed by atoms with van der Waals surface area (Å²) in [5.74, 6) is -2.53. The Morgan fingerprint density at radius 1 is 1.32 bits per heavy atom. The molecule has 0 bridgehead atoms. The van der Waals surface area contributed by atoms with Gasteiger partial charge in [0.1, 0.15) is 6.04 Å². The summed E-state index contributed by atoms with van der Waals surface area (Å²) >= 11 is 0.493. The lowest BCUT2D eigenvalue weighted by Gasteiger charge is -2.18. The number of hydrogen-bond donors (Lipinski definition) is 2. The van der Waals surface area contributed by atoms with E-state index < -0.39 is 5.76 Å². The molecule has 0 saturated carbocycles. The van der Waals surface area contributed by atoms with Gasteiger partial charge in [-0.1, -0.05) is 23.9 Å². The predicted molar refractivity (Wildman–Crippen MR) is 72.6 cm³/mol. The van der Waals surface area contributed by atoms with Gasteiger partial charge in [-0.25, -0.2) is 0 Å². The Kier molecular flexibility index (Phi) is 5.01. The Balaban J connectivity index is 2.10. The first-order chi connectivity index (χ1) is 9.16. The van der Waals surface area contributed by atoms with Gasteiger partial charge in [-0.3, -0.25) is 4.79 Å². The minimum atomic E-state index is -2.47. The summed E-state index contributed by atoms with van der Waals surface area (Å²) in [5.41, 5.74) is 0.592. The highest BCUT2D eigenvalue weighted by Gasteiger charge is 2.21. The van der Waals surface area contributed by atoms with Crippen LogP contribution in [0.5, 0.6) is 0 Å². The van der Waals surface area contributed by atoms with Crippen molar-refractivity contribution in [2.45, 2.75) is 36.0 Å². The minimum absolute atomic E-state index is 0.0608. The number of para-hydroxylation sites is 1. The average molecular weight is 286 g/mol. The molecule has 1 aromatic carbocycles. The van der Waals surface area contributed by atoms with E-state index in [1.807, 2.05) is 0 Å². The Morgan fingerprint density at radius 3 is 2.89 bits per heavy atom. The number of alkyl halides is 2. The summed E-state index contributed by atoms with van der Waals surface area (Å²) in [6.07, 6.45) is 2.62. The smallest absolute Gasteiger partial charge is 0.288 e. The molecular weight excluding hydrogens is 270 g/mol. The van der Waals surface area contributed by atoms with Crippen LogP contribution >= 0.6 is 11.8 Å².